The zero-order chi connectivity index (χ0) is 21.6. The molecule has 0 aliphatic carbocycles. The van der Waals surface area contributed by atoms with E-state index in [1.165, 1.54) is 24.4 Å². The molecular formula is C18H14F5N3O3. The highest BCUT2D eigenvalue weighted by Crippen LogP contribution is 2.25. The molecule has 0 aromatic heterocycles. The number of allylic oxidation sites excluding steroid dienone is 1. The molecule has 0 aliphatic heterocycles. The summed E-state index contributed by atoms with van der Waals surface area (Å²) in [6.07, 6.45) is -2.24. The van der Waals surface area contributed by atoms with Crippen LogP contribution in [-0.2, 0) is 0 Å². The van der Waals surface area contributed by atoms with Gasteiger partial charge in [0.2, 0.25) is 0 Å². The molecule has 0 heterocycles. The molecule has 0 saturated carbocycles. The molecule has 6 nitrogen and oxygen atoms in total. The van der Waals surface area contributed by atoms with Crippen molar-refractivity contribution in [3.8, 4) is 11.5 Å². The smallest absolute Gasteiger partial charge is 0.484 e. The average molecular weight is 415 g/mol. The van der Waals surface area contributed by atoms with Crippen LogP contribution in [0.1, 0.15) is 10.4 Å². The molecule has 29 heavy (non-hydrogen) atoms. The minimum Gasteiger partial charge on any atom is -0.484 e. The van der Waals surface area contributed by atoms with Crippen LogP contribution in [-0.4, -0.2) is 25.1 Å². The van der Waals surface area contributed by atoms with E-state index in [-0.39, 0.29) is 12.3 Å². The van der Waals surface area contributed by atoms with Crippen LogP contribution in [0.5, 0.6) is 11.5 Å². The summed E-state index contributed by atoms with van der Waals surface area (Å²) >= 11 is 0. The van der Waals surface area contributed by atoms with E-state index in [9.17, 15) is 26.7 Å². The number of alkyl halides is 3. The van der Waals surface area contributed by atoms with Crippen molar-refractivity contribution in [2.45, 2.75) is 6.36 Å². The highest BCUT2D eigenvalue weighted by atomic mass is 19.4. The standard InChI is InChI=1S/C18H14F5N3O3/c19-13-5-6-14(16(20)15(13)17(25)27)28-9-10(24)7-8-26-11-1-3-12(4-2-11)29-18(21,22)23/h1-8H,9,24H2,(H2,25,27). The molecule has 4 N–H and O–H groups in total. The molecule has 0 spiro atoms. The molecule has 1 amide bonds. The number of nitrogens with two attached hydrogens (primary N) is 2. The van der Waals surface area contributed by atoms with E-state index in [1.54, 1.807) is 0 Å². The lowest BCUT2D eigenvalue weighted by molar-refractivity contribution is -0.274. The van der Waals surface area contributed by atoms with Crippen molar-refractivity contribution in [2.75, 3.05) is 6.61 Å². The molecular weight excluding hydrogens is 401 g/mol. The maximum atomic E-state index is 14.0. The van der Waals surface area contributed by atoms with Crippen molar-refractivity contribution in [1.29, 1.82) is 0 Å². The predicted molar refractivity (Wildman–Crippen MR) is 93.9 cm³/mol. The van der Waals surface area contributed by atoms with Crippen LogP contribution in [0, 0.1) is 11.6 Å². The van der Waals surface area contributed by atoms with Crippen LogP contribution >= 0.6 is 0 Å². The number of halogens is 5. The molecule has 11 heteroatoms. The lowest BCUT2D eigenvalue weighted by atomic mass is 10.1. The lowest BCUT2D eigenvalue weighted by Crippen LogP contribution is -2.17. The average Bonchev–Trinajstić information content (AvgIpc) is 2.61. The maximum absolute atomic E-state index is 14.0. The first-order valence-corrected chi connectivity index (χ1v) is 7.82. The predicted octanol–water partition coefficient (Wildman–Crippen LogP) is 3.59. The molecule has 0 saturated heterocycles. The Labute approximate surface area is 161 Å². The van der Waals surface area contributed by atoms with Crippen molar-refractivity contribution in [1.82, 2.24) is 0 Å². The second-order valence-electron chi connectivity index (χ2n) is 5.45. The third-order valence-electron chi connectivity index (χ3n) is 3.28. The minimum atomic E-state index is -4.79. The quantitative estimate of drug-likeness (QED) is 0.533. The van der Waals surface area contributed by atoms with Crippen molar-refractivity contribution < 1.29 is 36.2 Å². The van der Waals surface area contributed by atoms with Gasteiger partial charge in [-0.15, -0.1) is 13.2 Å². The molecule has 0 fully saturated rings. The van der Waals surface area contributed by atoms with Gasteiger partial charge in [-0.1, -0.05) is 0 Å². The molecule has 2 aromatic carbocycles. The third-order valence-corrected chi connectivity index (χ3v) is 3.28. The van der Waals surface area contributed by atoms with Crippen LogP contribution in [0.25, 0.3) is 0 Å². The van der Waals surface area contributed by atoms with E-state index in [0.717, 1.165) is 24.3 Å². The zero-order valence-electron chi connectivity index (χ0n) is 14.5. The molecule has 0 aliphatic rings. The van der Waals surface area contributed by atoms with Gasteiger partial charge < -0.3 is 20.9 Å². The first-order chi connectivity index (χ1) is 13.6. The number of aliphatic imine (C=N–C) groups is 1. The third kappa shape index (κ3) is 6.48. The number of rotatable bonds is 7. The second-order valence-corrected chi connectivity index (χ2v) is 5.45. The number of hydrogen-bond acceptors (Lipinski definition) is 5. The summed E-state index contributed by atoms with van der Waals surface area (Å²) in [4.78, 5) is 15.0. The first kappa shape index (κ1) is 21.7. The van der Waals surface area contributed by atoms with E-state index in [0.29, 0.717) is 5.69 Å². The fraction of sp³-hybridized carbons (Fsp3) is 0.111. The SMILES string of the molecule is NC(=O)c1c(F)ccc(OCC(N)=CC=Nc2ccc(OC(F)(F)F)cc2)c1F. The van der Waals surface area contributed by atoms with Crippen molar-refractivity contribution >= 4 is 17.8 Å². The summed E-state index contributed by atoms with van der Waals surface area (Å²) in [5, 5.41) is 0. The molecule has 2 rings (SSSR count). The van der Waals surface area contributed by atoms with Gasteiger partial charge in [-0.2, -0.15) is 0 Å². The summed E-state index contributed by atoms with van der Waals surface area (Å²) in [6.45, 7) is -0.314. The van der Waals surface area contributed by atoms with Crippen molar-refractivity contribution in [3.63, 3.8) is 0 Å². The Kier molecular flexibility index (Phi) is 6.75. The molecule has 154 valence electrons. The Morgan fingerprint density at radius 2 is 1.72 bits per heavy atom. The Morgan fingerprint density at radius 1 is 1.07 bits per heavy atom. The number of carbonyl (C=O) groups is 1. The highest BCUT2D eigenvalue weighted by molar-refractivity contribution is 5.93. The van der Waals surface area contributed by atoms with E-state index < -0.39 is 41.0 Å². The first-order valence-electron chi connectivity index (χ1n) is 7.82. The number of hydrogen-bond donors (Lipinski definition) is 2. The molecule has 0 bridgehead atoms. The number of nitrogens with zero attached hydrogens (tertiary/aromatic N) is 1. The van der Waals surface area contributed by atoms with Gasteiger partial charge in [0.1, 0.15) is 23.7 Å². The summed E-state index contributed by atoms with van der Waals surface area (Å²) in [5.74, 6) is -4.47. The van der Waals surface area contributed by atoms with E-state index in [1.807, 2.05) is 0 Å². The van der Waals surface area contributed by atoms with Crippen molar-refractivity contribution in [2.24, 2.45) is 16.5 Å². The monoisotopic (exact) mass is 415 g/mol. The molecule has 2 aromatic rings. The van der Waals surface area contributed by atoms with Gasteiger partial charge in [0, 0.05) is 11.9 Å². The van der Waals surface area contributed by atoms with Crippen LogP contribution in [0.15, 0.2) is 53.2 Å². The number of carbonyl (C=O) groups excluding carboxylic acids is 1. The Balaban J connectivity index is 1.97. The van der Waals surface area contributed by atoms with Crippen LogP contribution in [0.4, 0.5) is 27.6 Å². The minimum absolute atomic E-state index is 0.0927. The summed E-state index contributed by atoms with van der Waals surface area (Å²) in [7, 11) is 0. The van der Waals surface area contributed by atoms with E-state index in [2.05, 4.69) is 9.73 Å². The van der Waals surface area contributed by atoms with Gasteiger partial charge in [-0.25, -0.2) is 8.78 Å². The van der Waals surface area contributed by atoms with E-state index in [4.69, 9.17) is 16.2 Å². The van der Waals surface area contributed by atoms with Gasteiger partial charge in [-0.3, -0.25) is 9.79 Å². The number of benzene rings is 2. The van der Waals surface area contributed by atoms with Gasteiger partial charge >= 0.3 is 6.36 Å². The van der Waals surface area contributed by atoms with Gasteiger partial charge in [0.15, 0.2) is 11.6 Å². The Morgan fingerprint density at radius 3 is 2.31 bits per heavy atom. The van der Waals surface area contributed by atoms with Gasteiger partial charge in [-0.05, 0) is 42.5 Å². The normalized spacial score (nSPS) is 12.2. The molecule has 0 radical (unpaired) electrons. The second kappa shape index (κ2) is 9.04. The Bertz CT molecular complexity index is 941. The zero-order valence-corrected chi connectivity index (χ0v) is 14.5. The summed E-state index contributed by atoms with van der Waals surface area (Å²) in [6, 6.07) is 6.55. The lowest BCUT2D eigenvalue weighted by Gasteiger charge is -2.09. The summed E-state index contributed by atoms with van der Waals surface area (Å²) < 4.78 is 72.5. The van der Waals surface area contributed by atoms with Gasteiger partial charge in [0.05, 0.1) is 5.69 Å². The maximum Gasteiger partial charge on any atom is 0.573 e. The van der Waals surface area contributed by atoms with Crippen LogP contribution < -0.4 is 20.9 Å². The summed E-state index contributed by atoms with van der Waals surface area (Å²) in [5.41, 5.74) is 10.1. The number of ether oxygens (including phenoxy) is 2. The molecule has 0 atom stereocenters. The van der Waals surface area contributed by atoms with Gasteiger partial charge in [0.25, 0.3) is 5.91 Å². The van der Waals surface area contributed by atoms with Crippen LogP contribution in [0.2, 0.25) is 0 Å². The number of amides is 1. The fourth-order valence-electron chi connectivity index (χ4n) is 2.03. The largest absolute Gasteiger partial charge is 0.573 e. The fourth-order valence-corrected chi connectivity index (χ4v) is 2.03. The number of primary amides is 1. The Hall–Kier alpha value is -3.63. The highest BCUT2D eigenvalue weighted by Gasteiger charge is 2.30. The van der Waals surface area contributed by atoms with E-state index >= 15 is 0 Å². The molecule has 0 unspecified atom stereocenters. The van der Waals surface area contributed by atoms with Crippen LogP contribution in [0.3, 0.4) is 0 Å². The topological polar surface area (TPSA) is 99.9 Å². The van der Waals surface area contributed by atoms with Crippen molar-refractivity contribution in [3.05, 3.63) is 65.4 Å².